The lowest BCUT2D eigenvalue weighted by atomic mass is 10.0. The van der Waals surface area contributed by atoms with Crippen LogP contribution in [0.1, 0.15) is 40.3 Å². The third kappa shape index (κ3) is 11.7. The highest BCUT2D eigenvalue weighted by molar-refractivity contribution is 6.33. The molecule has 6 heteroatoms. The van der Waals surface area contributed by atoms with E-state index in [1.54, 1.807) is 0 Å². The number of nitrogens with zero attached hydrogens (tertiary/aromatic N) is 3. The summed E-state index contributed by atoms with van der Waals surface area (Å²) in [4.78, 5) is 7.79. The zero-order valence-electron chi connectivity index (χ0n) is 34.4. The number of benzene rings is 6. The lowest BCUT2D eigenvalue weighted by Gasteiger charge is -2.41. The molecule has 1 N–H and O–H groups in total. The largest absolute Gasteiger partial charge is 0.311 e. The summed E-state index contributed by atoms with van der Waals surface area (Å²) in [6.45, 7) is 16.2. The van der Waals surface area contributed by atoms with E-state index >= 15 is 0 Å². The van der Waals surface area contributed by atoms with Crippen LogP contribution in [0.5, 0.6) is 0 Å². The van der Waals surface area contributed by atoms with Crippen LogP contribution in [-0.2, 0) is 25.9 Å². The second-order valence-corrected chi connectivity index (χ2v) is 17.0. The van der Waals surface area contributed by atoms with Crippen molar-refractivity contribution in [2.45, 2.75) is 58.8 Å². The van der Waals surface area contributed by atoms with Gasteiger partial charge in [0.25, 0.3) is 0 Å². The summed E-state index contributed by atoms with van der Waals surface area (Å²) in [6.07, 6.45) is 2.21. The minimum absolute atomic E-state index is 0.515. The second kappa shape index (κ2) is 20.6. The van der Waals surface area contributed by atoms with Gasteiger partial charge in [-0.2, -0.15) is 0 Å². The van der Waals surface area contributed by atoms with Crippen LogP contribution in [0.4, 0.5) is 0 Å². The van der Waals surface area contributed by atoms with Crippen LogP contribution < -0.4 is 5.32 Å². The predicted molar refractivity (Wildman–Crippen MR) is 247 cm³/mol. The first-order valence-corrected chi connectivity index (χ1v) is 21.8. The number of halogens is 2. The Balaban J connectivity index is 0.000000177. The summed E-state index contributed by atoms with van der Waals surface area (Å²) in [7, 11) is 0. The highest BCUT2D eigenvalue weighted by Crippen LogP contribution is 2.31. The third-order valence-electron chi connectivity index (χ3n) is 11.7. The van der Waals surface area contributed by atoms with Gasteiger partial charge in [-0.05, 0) is 90.9 Å². The summed E-state index contributed by atoms with van der Waals surface area (Å²) < 4.78 is 0. The molecule has 6 aromatic carbocycles. The van der Waals surface area contributed by atoms with Crippen molar-refractivity contribution in [3.05, 3.63) is 189 Å². The molecule has 2 saturated heterocycles. The summed E-state index contributed by atoms with van der Waals surface area (Å²) in [5.74, 6) is 0. The van der Waals surface area contributed by atoms with Gasteiger partial charge in [-0.15, -0.1) is 0 Å². The fourth-order valence-electron chi connectivity index (χ4n) is 8.49. The van der Waals surface area contributed by atoms with Gasteiger partial charge >= 0.3 is 0 Å². The zero-order valence-corrected chi connectivity index (χ0v) is 35.9. The number of hydrogen-bond donors (Lipinski definition) is 1. The molecule has 0 unspecified atom stereocenters. The maximum Gasteiger partial charge on any atom is 0.0484 e. The Morgan fingerprint density at radius 2 is 1.03 bits per heavy atom. The number of piperazine rings is 2. The van der Waals surface area contributed by atoms with Crippen molar-refractivity contribution in [2.24, 2.45) is 0 Å². The Labute approximate surface area is 357 Å². The van der Waals surface area contributed by atoms with Gasteiger partial charge < -0.3 is 5.32 Å². The van der Waals surface area contributed by atoms with Gasteiger partial charge in [0.1, 0.15) is 0 Å². The fourth-order valence-corrected chi connectivity index (χ4v) is 8.94. The first kappa shape index (κ1) is 41.9. The standard InChI is InChI=1S/C27H31ClN2.C25H27ClN2/c1-3-30-16-15-29(20-25(30)18-22-7-5-4-6-8-22)19-23-10-12-24(13-11-23)26-17-21(2)9-14-27(26)28;1-19-7-12-25(26)24(15-19)22-10-8-21(9-11-22)17-28-14-13-27-23(18-28)16-20-5-3-2-4-6-20/h4-14,17,25H,3,15-16,18-20H2,1-2H3;2-12,15,23,27H,13-14,16-18H2,1H3/t25-;23-/m00/s1. The van der Waals surface area contributed by atoms with Crippen LogP contribution in [0.15, 0.2) is 146 Å². The molecule has 0 aliphatic carbocycles. The summed E-state index contributed by atoms with van der Waals surface area (Å²) in [6, 6.07) is 52.9. The van der Waals surface area contributed by atoms with Crippen molar-refractivity contribution in [3.63, 3.8) is 0 Å². The summed E-state index contributed by atoms with van der Waals surface area (Å²) >= 11 is 12.8. The summed E-state index contributed by atoms with van der Waals surface area (Å²) in [5, 5.41) is 5.29. The van der Waals surface area contributed by atoms with E-state index in [0.717, 1.165) is 92.9 Å². The van der Waals surface area contributed by atoms with Crippen LogP contribution in [-0.4, -0.2) is 72.6 Å². The van der Waals surface area contributed by atoms with E-state index in [4.69, 9.17) is 23.2 Å². The number of hydrogen-bond acceptors (Lipinski definition) is 4. The van der Waals surface area contributed by atoms with Crippen LogP contribution >= 0.6 is 23.2 Å². The van der Waals surface area contributed by atoms with Gasteiger partial charge in [0.05, 0.1) is 0 Å². The molecule has 300 valence electrons. The summed E-state index contributed by atoms with van der Waals surface area (Å²) in [5.41, 5.74) is 12.6. The molecule has 0 saturated carbocycles. The fraction of sp³-hybridized carbons (Fsp3) is 0.308. The van der Waals surface area contributed by atoms with Crippen molar-refractivity contribution >= 4 is 23.2 Å². The first-order valence-electron chi connectivity index (χ1n) is 21.0. The maximum absolute atomic E-state index is 6.42. The monoisotopic (exact) mass is 808 g/mol. The van der Waals surface area contributed by atoms with Crippen LogP contribution in [0.2, 0.25) is 10.0 Å². The maximum atomic E-state index is 6.42. The minimum atomic E-state index is 0.515. The molecule has 0 radical (unpaired) electrons. The van der Waals surface area contributed by atoms with E-state index in [1.807, 2.05) is 12.1 Å². The van der Waals surface area contributed by atoms with Gasteiger partial charge in [0, 0.05) is 85.6 Å². The Hall–Kier alpha value is -4.26. The molecule has 8 rings (SSSR count). The Bertz CT molecular complexity index is 2170. The van der Waals surface area contributed by atoms with Crippen molar-refractivity contribution in [2.75, 3.05) is 45.8 Å². The molecular formula is C52H58Cl2N4. The van der Waals surface area contributed by atoms with E-state index in [0.29, 0.717) is 12.1 Å². The number of aryl methyl sites for hydroxylation is 2. The average molecular weight is 810 g/mol. The first-order chi connectivity index (χ1) is 28.3. The Kier molecular flexibility index (Phi) is 14.9. The van der Waals surface area contributed by atoms with Crippen molar-refractivity contribution in [3.8, 4) is 22.3 Å². The number of likely N-dealkylation sites (N-methyl/N-ethyl adjacent to an activating group) is 1. The number of rotatable bonds is 11. The molecule has 0 aromatic heterocycles. The van der Waals surface area contributed by atoms with Gasteiger partial charge in [-0.1, -0.05) is 163 Å². The van der Waals surface area contributed by atoms with Gasteiger partial charge in [0.2, 0.25) is 0 Å². The SMILES string of the molecule is CCN1CCN(Cc2ccc(-c3cc(C)ccc3Cl)cc2)C[C@@H]1Cc1ccccc1.Cc1ccc(Cl)c(-c2ccc(CN3CCN[C@@H](Cc4ccccc4)C3)cc2)c1. The lowest BCUT2D eigenvalue weighted by molar-refractivity contribution is 0.0741. The second-order valence-electron chi connectivity index (χ2n) is 16.1. The van der Waals surface area contributed by atoms with Crippen molar-refractivity contribution in [1.82, 2.24) is 20.0 Å². The van der Waals surface area contributed by atoms with Crippen molar-refractivity contribution in [1.29, 1.82) is 0 Å². The zero-order chi connectivity index (χ0) is 40.3. The molecule has 2 fully saturated rings. The molecule has 2 aliphatic heterocycles. The third-order valence-corrected chi connectivity index (χ3v) is 12.3. The smallest absolute Gasteiger partial charge is 0.0484 e. The van der Waals surface area contributed by atoms with Crippen LogP contribution in [0.25, 0.3) is 22.3 Å². The molecule has 2 atom stereocenters. The van der Waals surface area contributed by atoms with E-state index in [9.17, 15) is 0 Å². The van der Waals surface area contributed by atoms with Gasteiger partial charge in [0.15, 0.2) is 0 Å². The van der Waals surface area contributed by atoms with Gasteiger partial charge in [-0.3, -0.25) is 14.7 Å². The molecule has 0 amide bonds. The molecular weight excluding hydrogens is 752 g/mol. The van der Waals surface area contributed by atoms with E-state index in [1.165, 1.54) is 44.5 Å². The molecule has 2 heterocycles. The van der Waals surface area contributed by atoms with Crippen molar-refractivity contribution < 1.29 is 0 Å². The molecule has 0 spiro atoms. The van der Waals surface area contributed by atoms with E-state index in [-0.39, 0.29) is 0 Å². The molecule has 6 aromatic rings. The predicted octanol–water partition coefficient (Wildman–Crippen LogP) is 11.4. The minimum Gasteiger partial charge on any atom is -0.311 e. The average Bonchev–Trinajstić information content (AvgIpc) is 3.24. The quantitative estimate of drug-likeness (QED) is 0.141. The highest BCUT2D eigenvalue weighted by Gasteiger charge is 2.26. The number of nitrogens with one attached hydrogen (secondary N) is 1. The van der Waals surface area contributed by atoms with Gasteiger partial charge in [-0.25, -0.2) is 0 Å². The highest BCUT2D eigenvalue weighted by atomic mass is 35.5. The molecule has 0 bridgehead atoms. The molecule has 4 nitrogen and oxygen atoms in total. The molecule has 2 aliphatic rings. The van der Waals surface area contributed by atoms with E-state index in [2.05, 4.69) is 174 Å². The Morgan fingerprint density at radius 1 is 0.534 bits per heavy atom. The molecule has 58 heavy (non-hydrogen) atoms. The Morgan fingerprint density at radius 3 is 1.55 bits per heavy atom. The normalized spacial score (nSPS) is 17.7. The van der Waals surface area contributed by atoms with Crippen LogP contribution in [0.3, 0.4) is 0 Å². The van der Waals surface area contributed by atoms with E-state index < -0.39 is 0 Å². The topological polar surface area (TPSA) is 21.8 Å². The van der Waals surface area contributed by atoms with Crippen LogP contribution in [0, 0.1) is 13.8 Å². The lowest BCUT2D eigenvalue weighted by Crippen LogP contribution is -2.53.